The number of imidazole rings is 2. The number of carbonyl (C=O) groups excluding carboxylic acids is 3. The van der Waals surface area contributed by atoms with Gasteiger partial charge in [0, 0.05) is 44.9 Å². The highest BCUT2D eigenvalue weighted by atomic mass is 19.1. The summed E-state index contributed by atoms with van der Waals surface area (Å²) in [5.41, 5.74) is 5.72. The highest BCUT2D eigenvalue weighted by Gasteiger charge is 2.47. The third kappa shape index (κ3) is 8.37. The van der Waals surface area contributed by atoms with E-state index in [1.54, 1.807) is 11.8 Å². The molecule has 1 aliphatic carbocycles. The van der Waals surface area contributed by atoms with Crippen molar-refractivity contribution < 1.29 is 32.6 Å². The largest absolute Gasteiger partial charge is 0.453 e. The predicted octanol–water partition coefficient (Wildman–Crippen LogP) is 9.46. The number of methoxy groups -OCH3 is 2. The van der Waals surface area contributed by atoms with Crippen LogP contribution in [0.3, 0.4) is 0 Å². The van der Waals surface area contributed by atoms with Gasteiger partial charge >= 0.3 is 6.09 Å². The lowest BCUT2D eigenvalue weighted by Gasteiger charge is -2.35. The molecule has 2 aromatic heterocycles. The number of alkyl carbamates (subject to hydrolysis) is 1. The van der Waals surface area contributed by atoms with Crippen molar-refractivity contribution in [2.75, 3.05) is 43.7 Å². The lowest BCUT2D eigenvalue weighted by Crippen LogP contribution is -2.54. The van der Waals surface area contributed by atoms with Crippen LogP contribution in [0, 0.1) is 17.6 Å². The van der Waals surface area contributed by atoms with Crippen molar-refractivity contribution in [2.45, 2.75) is 140 Å². The summed E-state index contributed by atoms with van der Waals surface area (Å²) in [5, 5.41) is 2.65. The minimum Gasteiger partial charge on any atom is -0.453 e. The number of halogens is 2. The van der Waals surface area contributed by atoms with Gasteiger partial charge in [0.25, 0.3) is 0 Å². The number of carbonyl (C=O) groups is 3. The van der Waals surface area contributed by atoms with Crippen LogP contribution in [0.2, 0.25) is 0 Å². The second-order valence-electron chi connectivity index (χ2n) is 19.4. The molecule has 0 bridgehead atoms. The Labute approximate surface area is 390 Å². The molecule has 3 amide bonds. The quantitative estimate of drug-likeness (QED) is 0.111. The van der Waals surface area contributed by atoms with Gasteiger partial charge in [0.1, 0.15) is 23.4 Å². The first-order valence-electron chi connectivity index (χ1n) is 24.6. The van der Waals surface area contributed by atoms with Crippen LogP contribution in [0.5, 0.6) is 0 Å². The van der Waals surface area contributed by atoms with E-state index in [0.717, 1.165) is 110 Å². The lowest BCUT2D eigenvalue weighted by molar-refractivity contribution is -0.137. The maximum absolute atomic E-state index is 16.4. The summed E-state index contributed by atoms with van der Waals surface area (Å²) in [6.07, 6.45) is 10.0. The summed E-state index contributed by atoms with van der Waals surface area (Å²) in [4.78, 5) is 64.9. The van der Waals surface area contributed by atoms with Gasteiger partial charge in [-0.3, -0.25) is 9.59 Å². The van der Waals surface area contributed by atoms with Gasteiger partial charge in [-0.05, 0) is 131 Å². The molecule has 14 nitrogen and oxygen atoms in total. The van der Waals surface area contributed by atoms with E-state index >= 15 is 8.78 Å². The third-order valence-electron chi connectivity index (χ3n) is 15.5. The number of ether oxygens (including phenoxy) is 2. The molecule has 16 heteroatoms. The maximum Gasteiger partial charge on any atom is 0.407 e. The zero-order valence-corrected chi connectivity index (χ0v) is 39.0. The van der Waals surface area contributed by atoms with E-state index in [1.807, 2.05) is 23.1 Å². The Balaban J connectivity index is 0.979. The number of aromatic nitrogens is 4. The van der Waals surface area contributed by atoms with Gasteiger partial charge < -0.3 is 44.4 Å². The topological polar surface area (TPSA) is 152 Å². The molecule has 8 atom stereocenters. The summed E-state index contributed by atoms with van der Waals surface area (Å²) in [5.74, 6) is 0.759. The summed E-state index contributed by atoms with van der Waals surface area (Å²) in [6.45, 7) is 5.52. The highest BCUT2D eigenvalue weighted by molar-refractivity contribution is 5.87. The van der Waals surface area contributed by atoms with E-state index in [-0.39, 0.29) is 47.7 Å². The molecule has 5 aliphatic rings. The molecule has 3 aromatic carbocycles. The maximum atomic E-state index is 16.4. The number of anilines is 2. The van der Waals surface area contributed by atoms with Gasteiger partial charge in [-0.15, -0.1) is 0 Å². The van der Waals surface area contributed by atoms with Gasteiger partial charge in [-0.2, -0.15) is 0 Å². The number of H-pyrrole nitrogens is 2. The number of nitrogens with one attached hydrogen (secondary N) is 3. The second-order valence-corrected chi connectivity index (χ2v) is 19.4. The minimum absolute atomic E-state index is 0.0413. The Morgan fingerprint density at radius 3 is 2.03 bits per heavy atom. The highest BCUT2D eigenvalue weighted by Crippen LogP contribution is 2.50. The van der Waals surface area contributed by atoms with E-state index in [9.17, 15) is 14.4 Å². The van der Waals surface area contributed by atoms with Gasteiger partial charge in [-0.25, -0.2) is 23.5 Å². The van der Waals surface area contributed by atoms with Gasteiger partial charge in [0.2, 0.25) is 11.8 Å². The van der Waals surface area contributed by atoms with Crippen molar-refractivity contribution >= 4 is 51.3 Å². The number of hydrogen-bond acceptors (Lipinski definition) is 9. The number of benzene rings is 3. The van der Waals surface area contributed by atoms with Crippen LogP contribution in [-0.4, -0.2) is 99.7 Å². The smallest absolute Gasteiger partial charge is 0.407 e. The van der Waals surface area contributed by atoms with Crippen LogP contribution >= 0.6 is 0 Å². The van der Waals surface area contributed by atoms with E-state index in [2.05, 4.69) is 50.2 Å². The molecule has 4 aliphatic heterocycles. The molecule has 0 spiro atoms. The first-order chi connectivity index (χ1) is 32.5. The molecule has 1 saturated carbocycles. The minimum atomic E-state index is -0.950. The van der Waals surface area contributed by atoms with E-state index in [1.165, 1.54) is 26.4 Å². The molecule has 3 N–H and O–H groups in total. The second kappa shape index (κ2) is 18.7. The Morgan fingerprint density at radius 2 is 1.42 bits per heavy atom. The predicted molar refractivity (Wildman–Crippen MR) is 252 cm³/mol. The molecule has 0 radical (unpaired) electrons. The lowest BCUT2D eigenvalue weighted by atomic mass is 10.0. The van der Waals surface area contributed by atoms with Crippen molar-refractivity contribution in [3.8, 4) is 0 Å². The monoisotopic (exact) mass is 919 g/mol. The van der Waals surface area contributed by atoms with Gasteiger partial charge in [0.15, 0.2) is 11.6 Å². The fourth-order valence-electron chi connectivity index (χ4n) is 12.2. The first kappa shape index (κ1) is 45.0. The molecule has 4 saturated heterocycles. The van der Waals surface area contributed by atoms with Crippen molar-refractivity contribution in [3.05, 3.63) is 82.9 Å². The fraction of sp³-hybridized carbons (Fsp3) is 0.549. The van der Waals surface area contributed by atoms with E-state index < -0.39 is 29.9 Å². The number of piperidine rings is 1. The van der Waals surface area contributed by atoms with Crippen LogP contribution < -0.4 is 15.1 Å². The Kier molecular flexibility index (Phi) is 12.6. The van der Waals surface area contributed by atoms with Crippen molar-refractivity contribution in [2.24, 2.45) is 5.92 Å². The number of aromatic amines is 2. The van der Waals surface area contributed by atoms with Crippen LogP contribution in [0.15, 0.2) is 48.5 Å². The SMILES string of the molecule is CCCC(=O)N1[C@H](c2nc3ccc([C@H]4CC[C@H](c5ccc6nc([C@@H]7CCCN7C(=O)[C@@H](NC(=O)OC)[C@@H](C)OC)[nH]c6c5)N4c4cc(F)c(N5CCCCC5)c(F)c4)cc3[nH]2)C[C@@H]2CCC[C@@H]21. The van der Waals surface area contributed by atoms with Crippen LogP contribution in [0.25, 0.3) is 22.1 Å². The van der Waals surface area contributed by atoms with Gasteiger partial charge in [-0.1, -0.05) is 25.5 Å². The molecule has 67 heavy (non-hydrogen) atoms. The number of hydrogen-bond donors (Lipinski definition) is 3. The molecule has 5 fully saturated rings. The summed E-state index contributed by atoms with van der Waals surface area (Å²) >= 11 is 0. The Bertz CT molecular complexity index is 2620. The molecule has 356 valence electrons. The first-order valence-corrected chi connectivity index (χ1v) is 24.6. The molecule has 10 rings (SSSR count). The molecular weight excluding hydrogens is 857 g/mol. The zero-order valence-electron chi connectivity index (χ0n) is 39.0. The number of rotatable bonds is 12. The summed E-state index contributed by atoms with van der Waals surface area (Å²) < 4.78 is 43.1. The zero-order chi connectivity index (χ0) is 46.5. The molecule has 0 unspecified atom stereocenters. The van der Waals surface area contributed by atoms with Crippen molar-refractivity contribution in [1.82, 2.24) is 35.1 Å². The summed E-state index contributed by atoms with van der Waals surface area (Å²) in [6, 6.07) is 13.8. The number of nitrogens with zero attached hydrogens (tertiary/aromatic N) is 6. The molecule has 6 heterocycles. The van der Waals surface area contributed by atoms with Crippen LogP contribution in [0.4, 0.5) is 25.0 Å². The average Bonchev–Trinajstić information content (AvgIpc) is 4.20. The number of likely N-dealkylation sites (tertiary alicyclic amines) is 2. The van der Waals surface area contributed by atoms with Crippen molar-refractivity contribution in [3.63, 3.8) is 0 Å². The van der Waals surface area contributed by atoms with Crippen LogP contribution in [0.1, 0.15) is 144 Å². The molecular formula is C51H63F2N9O5. The Morgan fingerprint density at radius 1 is 0.776 bits per heavy atom. The standard InChI is InChI=1S/C51H63F2N9O5/c1-5-11-45(63)62-40-13-9-12-30(40)26-44(62)49-55-37-18-16-32(25-39(37)57-49)42-20-19-41(61(42)33-27-34(52)47(35(53)28-33)59-21-7-6-8-22-59)31-15-17-36-38(24-31)56-48(54-36)43-14-10-23-60(43)50(64)46(29(2)66-3)58-51(65)67-4/h15-18,24-25,27-30,40-44,46H,5-14,19-23,26H2,1-4H3,(H,54,56)(H,55,57)(H,58,65)/t29-,30+,40+,41-,42-,43+,44+,46+/m1/s1. The Hall–Kier alpha value is -5.77. The average molecular weight is 920 g/mol. The summed E-state index contributed by atoms with van der Waals surface area (Å²) in [7, 11) is 2.75. The third-order valence-corrected chi connectivity index (χ3v) is 15.5. The van der Waals surface area contributed by atoms with Crippen LogP contribution in [-0.2, 0) is 19.1 Å². The van der Waals surface area contributed by atoms with Gasteiger partial charge in [0.05, 0.1) is 59.4 Å². The van der Waals surface area contributed by atoms with E-state index in [4.69, 9.17) is 19.4 Å². The van der Waals surface area contributed by atoms with Crippen molar-refractivity contribution in [1.29, 1.82) is 0 Å². The number of amides is 3. The number of fused-ring (bicyclic) bond motifs is 3. The normalized spacial score (nSPS) is 25.0. The van der Waals surface area contributed by atoms with E-state index in [0.29, 0.717) is 49.9 Å². The fourth-order valence-corrected chi connectivity index (χ4v) is 12.2. The molecule has 5 aromatic rings.